The van der Waals surface area contributed by atoms with Crippen molar-refractivity contribution in [3.63, 3.8) is 0 Å². The molecule has 0 heterocycles. The van der Waals surface area contributed by atoms with Crippen molar-refractivity contribution in [3.8, 4) is 0 Å². The molecule has 15 heavy (non-hydrogen) atoms. The van der Waals surface area contributed by atoms with Crippen LogP contribution in [0, 0.1) is 5.92 Å². The molecule has 1 unspecified atom stereocenters. The summed E-state index contributed by atoms with van der Waals surface area (Å²) in [5.41, 5.74) is 0. The van der Waals surface area contributed by atoms with Crippen LogP contribution in [0.15, 0.2) is 12.2 Å². The fourth-order valence-corrected chi connectivity index (χ4v) is 2.02. The highest BCUT2D eigenvalue weighted by Crippen LogP contribution is 2.23. The van der Waals surface area contributed by atoms with E-state index in [-0.39, 0.29) is 0 Å². The van der Waals surface area contributed by atoms with Gasteiger partial charge in [0.1, 0.15) is 5.78 Å². The molecule has 1 fully saturated rings. The Labute approximate surface area is 92.4 Å². The van der Waals surface area contributed by atoms with E-state index < -0.39 is 0 Å². The number of ketones is 1. The lowest BCUT2D eigenvalue weighted by Crippen LogP contribution is -1.90. The van der Waals surface area contributed by atoms with E-state index in [1.54, 1.807) is 0 Å². The molecule has 1 N–H and O–H groups in total. The first-order chi connectivity index (χ1) is 7.33. The summed E-state index contributed by atoms with van der Waals surface area (Å²) in [6, 6.07) is 0. The van der Waals surface area contributed by atoms with Crippen molar-refractivity contribution in [1.29, 1.82) is 0 Å². The molecule has 0 amide bonds. The maximum absolute atomic E-state index is 11.0. The second kappa shape index (κ2) is 7.63. The van der Waals surface area contributed by atoms with E-state index in [1.807, 2.05) is 0 Å². The molecule has 1 saturated carbocycles. The number of hydrogen-bond acceptors (Lipinski definition) is 2. The zero-order valence-electron chi connectivity index (χ0n) is 9.45. The molecule has 0 aromatic carbocycles. The SMILES string of the molecule is O=C1CCC(/C=C/CCCCCCO)C1. The molecule has 2 heteroatoms. The smallest absolute Gasteiger partial charge is 0.133 e. The number of rotatable bonds is 7. The molecule has 0 radical (unpaired) electrons. The number of Topliss-reactive ketones (excluding diaryl/α,β-unsaturated/α-hetero) is 1. The van der Waals surface area contributed by atoms with Gasteiger partial charge in [0.2, 0.25) is 0 Å². The average Bonchev–Trinajstić information content (AvgIpc) is 2.63. The van der Waals surface area contributed by atoms with Crippen LogP contribution in [0.5, 0.6) is 0 Å². The molecule has 0 aliphatic heterocycles. The van der Waals surface area contributed by atoms with Gasteiger partial charge in [-0.1, -0.05) is 25.0 Å². The summed E-state index contributed by atoms with van der Waals surface area (Å²) < 4.78 is 0. The Hall–Kier alpha value is -0.630. The third-order valence-corrected chi connectivity index (χ3v) is 2.97. The van der Waals surface area contributed by atoms with Gasteiger partial charge in [0.25, 0.3) is 0 Å². The fourth-order valence-electron chi connectivity index (χ4n) is 2.02. The topological polar surface area (TPSA) is 37.3 Å². The second-order valence-corrected chi connectivity index (χ2v) is 4.40. The quantitative estimate of drug-likeness (QED) is 0.518. The van der Waals surface area contributed by atoms with Crippen LogP contribution in [-0.4, -0.2) is 17.5 Å². The van der Waals surface area contributed by atoms with Crippen LogP contribution in [0.3, 0.4) is 0 Å². The lowest BCUT2D eigenvalue weighted by Gasteiger charge is -1.99. The molecule has 1 atom stereocenters. The first-order valence-corrected chi connectivity index (χ1v) is 6.12. The summed E-state index contributed by atoms with van der Waals surface area (Å²) >= 11 is 0. The van der Waals surface area contributed by atoms with E-state index in [0.29, 0.717) is 18.3 Å². The molecular weight excluding hydrogens is 188 g/mol. The lowest BCUT2D eigenvalue weighted by atomic mass is 10.1. The Kier molecular flexibility index (Phi) is 6.33. The highest BCUT2D eigenvalue weighted by Gasteiger charge is 2.18. The summed E-state index contributed by atoms with van der Waals surface area (Å²) in [4.78, 5) is 11.0. The number of allylic oxidation sites excluding steroid dienone is 2. The minimum Gasteiger partial charge on any atom is -0.396 e. The van der Waals surface area contributed by atoms with Crippen molar-refractivity contribution < 1.29 is 9.90 Å². The van der Waals surface area contributed by atoms with Gasteiger partial charge in [0.05, 0.1) is 0 Å². The van der Waals surface area contributed by atoms with E-state index >= 15 is 0 Å². The van der Waals surface area contributed by atoms with Crippen LogP contribution in [0.25, 0.3) is 0 Å². The van der Waals surface area contributed by atoms with E-state index in [1.165, 1.54) is 12.8 Å². The Morgan fingerprint density at radius 2 is 2.07 bits per heavy atom. The van der Waals surface area contributed by atoms with Crippen LogP contribution in [-0.2, 0) is 4.79 Å². The molecule has 0 bridgehead atoms. The molecule has 2 nitrogen and oxygen atoms in total. The van der Waals surface area contributed by atoms with Crippen LogP contribution in [0.2, 0.25) is 0 Å². The first kappa shape index (κ1) is 12.4. The van der Waals surface area contributed by atoms with Gasteiger partial charge >= 0.3 is 0 Å². The number of aliphatic hydroxyl groups is 1. The van der Waals surface area contributed by atoms with Crippen LogP contribution in [0.4, 0.5) is 0 Å². The van der Waals surface area contributed by atoms with Crippen molar-refractivity contribution in [2.24, 2.45) is 5.92 Å². The van der Waals surface area contributed by atoms with Gasteiger partial charge in [-0.25, -0.2) is 0 Å². The van der Waals surface area contributed by atoms with Gasteiger partial charge in [-0.3, -0.25) is 4.79 Å². The molecule has 1 aliphatic carbocycles. The summed E-state index contributed by atoms with van der Waals surface area (Å²) in [6.07, 6.45) is 12.6. The molecular formula is C13H22O2. The molecule has 1 aliphatic rings. The molecule has 0 spiro atoms. The Morgan fingerprint density at radius 1 is 1.27 bits per heavy atom. The van der Waals surface area contributed by atoms with Crippen molar-refractivity contribution >= 4 is 5.78 Å². The van der Waals surface area contributed by atoms with Crippen molar-refractivity contribution in [1.82, 2.24) is 0 Å². The number of carbonyl (C=O) groups is 1. The van der Waals surface area contributed by atoms with Crippen molar-refractivity contribution in [2.75, 3.05) is 6.61 Å². The average molecular weight is 210 g/mol. The highest BCUT2D eigenvalue weighted by molar-refractivity contribution is 5.80. The zero-order valence-corrected chi connectivity index (χ0v) is 9.45. The standard InChI is InChI=1S/C13H22O2/c14-10-6-4-2-1-3-5-7-12-8-9-13(15)11-12/h5,7,12,14H,1-4,6,8-11H2/b7-5+. The van der Waals surface area contributed by atoms with Gasteiger partial charge in [0.15, 0.2) is 0 Å². The first-order valence-electron chi connectivity index (χ1n) is 6.12. The normalized spacial score (nSPS) is 21.7. The minimum absolute atomic E-state index is 0.319. The Bertz CT molecular complexity index is 209. The van der Waals surface area contributed by atoms with Crippen LogP contribution < -0.4 is 0 Å². The summed E-state index contributed by atoms with van der Waals surface area (Å²) in [5, 5.41) is 8.59. The summed E-state index contributed by atoms with van der Waals surface area (Å²) in [5.74, 6) is 0.947. The molecule has 0 aromatic heterocycles. The predicted molar refractivity (Wildman–Crippen MR) is 61.7 cm³/mol. The maximum Gasteiger partial charge on any atom is 0.133 e. The number of aliphatic hydroxyl groups excluding tert-OH is 1. The lowest BCUT2D eigenvalue weighted by molar-refractivity contribution is -0.117. The summed E-state index contributed by atoms with van der Waals surface area (Å²) in [7, 11) is 0. The van der Waals surface area contributed by atoms with Gasteiger partial charge in [-0.2, -0.15) is 0 Å². The third kappa shape index (κ3) is 5.73. The largest absolute Gasteiger partial charge is 0.396 e. The van der Waals surface area contributed by atoms with Gasteiger partial charge in [-0.05, 0) is 31.6 Å². The van der Waals surface area contributed by atoms with Gasteiger partial charge in [0, 0.05) is 19.4 Å². The Balaban J connectivity index is 1.95. The van der Waals surface area contributed by atoms with E-state index in [0.717, 1.165) is 38.5 Å². The Morgan fingerprint density at radius 3 is 2.73 bits per heavy atom. The fraction of sp³-hybridized carbons (Fsp3) is 0.769. The minimum atomic E-state index is 0.319. The molecule has 0 aromatic rings. The van der Waals surface area contributed by atoms with E-state index in [9.17, 15) is 4.79 Å². The highest BCUT2D eigenvalue weighted by atomic mass is 16.2. The predicted octanol–water partition coefficient (Wildman–Crippen LogP) is 2.85. The van der Waals surface area contributed by atoms with Crippen molar-refractivity contribution in [3.05, 3.63) is 12.2 Å². The molecule has 86 valence electrons. The van der Waals surface area contributed by atoms with Gasteiger partial charge in [-0.15, -0.1) is 0 Å². The molecule has 0 saturated heterocycles. The summed E-state index contributed by atoms with van der Waals surface area (Å²) in [6.45, 7) is 0.319. The number of hydrogen-bond donors (Lipinski definition) is 1. The number of unbranched alkanes of at least 4 members (excludes halogenated alkanes) is 4. The monoisotopic (exact) mass is 210 g/mol. The maximum atomic E-state index is 11.0. The van der Waals surface area contributed by atoms with E-state index in [4.69, 9.17) is 5.11 Å². The second-order valence-electron chi connectivity index (χ2n) is 4.40. The van der Waals surface area contributed by atoms with Gasteiger partial charge < -0.3 is 5.11 Å². The third-order valence-electron chi connectivity index (χ3n) is 2.97. The zero-order chi connectivity index (χ0) is 10.9. The number of carbonyl (C=O) groups excluding carboxylic acids is 1. The van der Waals surface area contributed by atoms with E-state index in [2.05, 4.69) is 12.2 Å². The molecule has 1 rings (SSSR count). The van der Waals surface area contributed by atoms with Crippen molar-refractivity contribution in [2.45, 2.75) is 51.4 Å². The van der Waals surface area contributed by atoms with Crippen LogP contribution >= 0.6 is 0 Å². The van der Waals surface area contributed by atoms with Crippen LogP contribution in [0.1, 0.15) is 51.4 Å².